The standard InChI is InChI=1S/C17H17ClFN3O/c1-9(2)12-8-14(16-15(18)17(23-4)21-22(16)3)20-13-7-10(19)5-6-11(12)13/h5-9H,1-4H3. The smallest absolute Gasteiger partial charge is 0.252 e. The van der Waals surface area contributed by atoms with Gasteiger partial charge in [-0.1, -0.05) is 25.4 Å². The van der Waals surface area contributed by atoms with Gasteiger partial charge in [0.1, 0.15) is 16.5 Å². The lowest BCUT2D eigenvalue weighted by molar-refractivity contribution is 0.392. The summed E-state index contributed by atoms with van der Waals surface area (Å²) in [6.07, 6.45) is 0. The van der Waals surface area contributed by atoms with Gasteiger partial charge in [0, 0.05) is 18.5 Å². The summed E-state index contributed by atoms with van der Waals surface area (Å²) in [5.74, 6) is 0.292. The molecule has 0 aliphatic carbocycles. The Kier molecular flexibility index (Phi) is 3.98. The van der Waals surface area contributed by atoms with Crippen LogP contribution >= 0.6 is 11.6 Å². The molecule has 4 nitrogen and oxygen atoms in total. The van der Waals surface area contributed by atoms with Crippen LogP contribution in [0.3, 0.4) is 0 Å². The van der Waals surface area contributed by atoms with E-state index < -0.39 is 0 Å². The lowest BCUT2D eigenvalue weighted by Crippen LogP contribution is -1.99. The topological polar surface area (TPSA) is 39.9 Å². The molecule has 120 valence electrons. The summed E-state index contributed by atoms with van der Waals surface area (Å²) >= 11 is 6.36. The van der Waals surface area contributed by atoms with Crippen molar-refractivity contribution in [3.8, 4) is 17.3 Å². The number of aromatic nitrogens is 3. The predicted octanol–water partition coefficient (Wildman–Crippen LogP) is 4.56. The summed E-state index contributed by atoms with van der Waals surface area (Å²) in [4.78, 5) is 4.58. The average Bonchev–Trinajstić information content (AvgIpc) is 2.79. The molecule has 0 aliphatic heterocycles. The predicted molar refractivity (Wildman–Crippen MR) is 89.6 cm³/mol. The monoisotopic (exact) mass is 333 g/mol. The summed E-state index contributed by atoms with van der Waals surface area (Å²) < 4.78 is 20.4. The number of hydrogen-bond acceptors (Lipinski definition) is 3. The molecule has 0 fully saturated rings. The van der Waals surface area contributed by atoms with Crippen molar-refractivity contribution < 1.29 is 9.13 Å². The van der Waals surface area contributed by atoms with Gasteiger partial charge in [0.2, 0.25) is 0 Å². The van der Waals surface area contributed by atoms with Crippen LogP contribution in [0.2, 0.25) is 5.02 Å². The Morgan fingerprint density at radius 3 is 2.61 bits per heavy atom. The molecule has 0 unspecified atom stereocenters. The average molecular weight is 334 g/mol. The van der Waals surface area contributed by atoms with Gasteiger partial charge < -0.3 is 4.74 Å². The highest BCUT2D eigenvalue weighted by atomic mass is 35.5. The maximum Gasteiger partial charge on any atom is 0.252 e. The van der Waals surface area contributed by atoms with Gasteiger partial charge in [0.15, 0.2) is 0 Å². The zero-order valence-electron chi connectivity index (χ0n) is 13.4. The van der Waals surface area contributed by atoms with Crippen molar-refractivity contribution in [1.82, 2.24) is 14.8 Å². The fraction of sp³-hybridized carbons (Fsp3) is 0.294. The lowest BCUT2D eigenvalue weighted by Gasteiger charge is -2.13. The third-order valence-electron chi connectivity index (χ3n) is 3.82. The van der Waals surface area contributed by atoms with Gasteiger partial charge in [-0.2, -0.15) is 0 Å². The van der Waals surface area contributed by atoms with Crippen LogP contribution in [-0.2, 0) is 7.05 Å². The Morgan fingerprint density at radius 1 is 1.26 bits per heavy atom. The fourth-order valence-corrected chi connectivity index (χ4v) is 3.04. The first-order chi connectivity index (χ1) is 10.9. The second kappa shape index (κ2) is 5.81. The molecule has 2 heterocycles. The van der Waals surface area contributed by atoms with Crippen LogP contribution in [0.25, 0.3) is 22.3 Å². The Labute approximate surface area is 138 Å². The van der Waals surface area contributed by atoms with E-state index >= 15 is 0 Å². The van der Waals surface area contributed by atoms with Crippen LogP contribution in [0, 0.1) is 5.82 Å². The molecule has 23 heavy (non-hydrogen) atoms. The minimum Gasteiger partial charge on any atom is -0.479 e. The highest BCUT2D eigenvalue weighted by Gasteiger charge is 2.20. The summed E-state index contributed by atoms with van der Waals surface area (Å²) in [5, 5.41) is 5.56. The van der Waals surface area contributed by atoms with E-state index in [-0.39, 0.29) is 11.7 Å². The fourth-order valence-electron chi connectivity index (χ4n) is 2.71. The van der Waals surface area contributed by atoms with E-state index in [2.05, 4.69) is 23.9 Å². The van der Waals surface area contributed by atoms with E-state index in [1.807, 2.05) is 6.07 Å². The first-order valence-electron chi connectivity index (χ1n) is 7.29. The molecule has 0 atom stereocenters. The molecule has 0 radical (unpaired) electrons. The van der Waals surface area contributed by atoms with Crippen molar-refractivity contribution in [2.45, 2.75) is 19.8 Å². The van der Waals surface area contributed by atoms with E-state index in [9.17, 15) is 4.39 Å². The van der Waals surface area contributed by atoms with Crippen LogP contribution in [0.15, 0.2) is 24.3 Å². The second-order valence-electron chi connectivity index (χ2n) is 5.71. The quantitative estimate of drug-likeness (QED) is 0.705. The van der Waals surface area contributed by atoms with Gasteiger partial charge >= 0.3 is 0 Å². The SMILES string of the molecule is COc1nn(C)c(-c2cc(C(C)C)c3ccc(F)cc3n2)c1Cl. The van der Waals surface area contributed by atoms with E-state index in [1.54, 1.807) is 17.8 Å². The second-order valence-corrected chi connectivity index (χ2v) is 6.09. The number of aryl methyl sites for hydroxylation is 1. The third kappa shape index (κ3) is 2.65. The Hall–Kier alpha value is -2.14. The Balaban J connectivity index is 2.32. The molecular formula is C17H17ClFN3O. The molecule has 0 N–H and O–H groups in total. The molecule has 0 saturated carbocycles. The van der Waals surface area contributed by atoms with Gasteiger partial charge in [-0.3, -0.25) is 4.68 Å². The number of ether oxygens (including phenoxy) is 1. The summed E-state index contributed by atoms with van der Waals surface area (Å²) in [6, 6.07) is 6.64. The van der Waals surface area contributed by atoms with Crippen molar-refractivity contribution in [2.24, 2.45) is 7.05 Å². The number of hydrogen-bond donors (Lipinski definition) is 0. The summed E-state index contributed by atoms with van der Waals surface area (Å²) in [5.41, 5.74) is 2.98. The number of benzene rings is 1. The number of halogens is 2. The van der Waals surface area contributed by atoms with Crippen molar-refractivity contribution in [1.29, 1.82) is 0 Å². The number of nitrogens with zero attached hydrogens (tertiary/aromatic N) is 3. The van der Waals surface area contributed by atoms with E-state index in [1.165, 1.54) is 19.2 Å². The zero-order valence-corrected chi connectivity index (χ0v) is 14.1. The molecule has 3 rings (SSSR count). The number of methoxy groups -OCH3 is 1. The minimum atomic E-state index is -0.314. The van der Waals surface area contributed by atoms with Gasteiger partial charge in [-0.05, 0) is 29.7 Å². The number of fused-ring (bicyclic) bond motifs is 1. The lowest BCUT2D eigenvalue weighted by atomic mass is 9.97. The van der Waals surface area contributed by atoms with Gasteiger partial charge in [-0.25, -0.2) is 9.37 Å². The van der Waals surface area contributed by atoms with Crippen LogP contribution in [-0.4, -0.2) is 21.9 Å². The van der Waals surface area contributed by atoms with Crippen LogP contribution in [0.1, 0.15) is 25.3 Å². The van der Waals surface area contributed by atoms with Gasteiger partial charge in [0.25, 0.3) is 5.88 Å². The van der Waals surface area contributed by atoms with Gasteiger partial charge in [0.05, 0.1) is 18.3 Å². The normalized spacial score (nSPS) is 11.4. The minimum absolute atomic E-state index is 0.263. The zero-order chi connectivity index (χ0) is 16.7. The first-order valence-corrected chi connectivity index (χ1v) is 7.67. The molecular weight excluding hydrogens is 317 g/mol. The van der Waals surface area contributed by atoms with E-state index in [4.69, 9.17) is 16.3 Å². The van der Waals surface area contributed by atoms with Crippen LogP contribution < -0.4 is 4.74 Å². The molecule has 1 aromatic carbocycles. The summed E-state index contributed by atoms with van der Waals surface area (Å²) in [6.45, 7) is 4.18. The van der Waals surface area contributed by atoms with Crippen LogP contribution in [0.5, 0.6) is 5.88 Å². The Bertz CT molecular complexity index is 889. The van der Waals surface area contributed by atoms with Crippen molar-refractivity contribution in [3.05, 3.63) is 40.7 Å². The van der Waals surface area contributed by atoms with Gasteiger partial charge in [-0.15, -0.1) is 5.10 Å². The number of pyridine rings is 1. The maximum absolute atomic E-state index is 13.6. The highest BCUT2D eigenvalue weighted by Crippen LogP contribution is 2.36. The molecule has 0 aliphatic rings. The molecule has 0 amide bonds. The molecule has 2 aromatic heterocycles. The number of rotatable bonds is 3. The maximum atomic E-state index is 13.6. The first kappa shape index (κ1) is 15.7. The molecule has 0 saturated heterocycles. The highest BCUT2D eigenvalue weighted by molar-refractivity contribution is 6.34. The van der Waals surface area contributed by atoms with Crippen molar-refractivity contribution in [3.63, 3.8) is 0 Å². The summed E-state index contributed by atoms with van der Waals surface area (Å²) in [7, 11) is 3.29. The molecule has 0 spiro atoms. The van der Waals surface area contributed by atoms with E-state index in [0.29, 0.717) is 27.8 Å². The molecule has 0 bridgehead atoms. The van der Waals surface area contributed by atoms with Crippen molar-refractivity contribution in [2.75, 3.05) is 7.11 Å². The van der Waals surface area contributed by atoms with Crippen LogP contribution in [0.4, 0.5) is 4.39 Å². The van der Waals surface area contributed by atoms with Crippen molar-refractivity contribution >= 4 is 22.5 Å². The largest absolute Gasteiger partial charge is 0.479 e. The molecule has 3 aromatic rings. The Morgan fingerprint density at radius 2 is 2.00 bits per heavy atom. The third-order valence-corrected chi connectivity index (χ3v) is 4.16. The molecule has 6 heteroatoms. The van der Waals surface area contributed by atoms with E-state index in [0.717, 1.165) is 10.9 Å².